The van der Waals surface area contributed by atoms with E-state index in [0.717, 1.165) is 22.3 Å². The van der Waals surface area contributed by atoms with Crippen molar-refractivity contribution in [2.75, 3.05) is 11.9 Å². The Kier molecular flexibility index (Phi) is 6.13. The molecule has 1 amide bonds. The Morgan fingerprint density at radius 2 is 1.91 bits per heavy atom. The molecule has 0 aliphatic heterocycles. The fourth-order valence-corrected chi connectivity index (χ4v) is 3.58. The number of hydrogen-bond acceptors (Lipinski definition) is 5. The Morgan fingerprint density at radius 1 is 1.15 bits per heavy atom. The van der Waals surface area contributed by atoms with E-state index in [1.54, 1.807) is 16.8 Å². The number of rotatable bonds is 7. The number of hydrogen-bond donors (Lipinski definition) is 1. The maximum absolute atomic E-state index is 12.9. The minimum atomic E-state index is -0.542. The smallest absolute Gasteiger partial charge is 0.340 e. The molecule has 2 heterocycles. The summed E-state index contributed by atoms with van der Waals surface area (Å²) in [6, 6.07) is 16.6. The quantitative estimate of drug-likeness (QED) is 0.330. The van der Waals surface area contributed by atoms with Gasteiger partial charge in [0.15, 0.2) is 0 Å². The zero-order valence-electron chi connectivity index (χ0n) is 18.8. The highest BCUT2D eigenvalue weighted by Gasteiger charge is 2.17. The van der Waals surface area contributed by atoms with E-state index in [9.17, 15) is 9.59 Å². The number of aryl methyl sites for hydroxylation is 2. The Bertz CT molecular complexity index is 1400. The molecule has 0 atom stereocenters. The van der Waals surface area contributed by atoms with Crippen LogP contribution in [-0.4, -0.2) is 22.3 Å². The van der Waals surface area contributed by atoms with Crippen LogP contribution in [0.5, 0.6) is 5.75 Å². The van der Waals surface area contributed by atoms with Gasteiger partial charge in [0, 0.05) is 17.5 Å². The first-order valence-corrected chi connectivity index (χ1v) is 10.6. The predicted octanol–water partition coefficient (Wildman–Crippen LogP) is 4.73. The van der Waals surface area contributed by atoms with Gasteiger partial charge in [-0.25, -0.2) is 9.48 Å². The number of carbonyl (C=O) groups is 1. The number of carbonyl (C=O) groups excluding carboxylic acids is 1. The zero-order valence-corrected chi connectivity index (χ0v) is 18.8. The Labute approximate surface area is 191 Å². The standard InChI is InChI=1S/C26H25N3O4/c1-16(2)15-32-20-10-11-21-18(4)22(26(31)33-23(21)13-20)14-25(30)27-24-12-17(3)28-29(24)19-8-6-5-7-9-19/h5-13H,1,14-15H2,2-4H3,(H,27,30). The van der Waals surface area contributed by atoms with Crippen molar-refractivity contribution in [1.29, 1.82) is 0 Å². The molecule has 7 heteroatoms. The maximum Gasteiger partial charge on any atom is 0.340 e. The van der Waals surface area contributed by atoms with Gasteiger partial charge in [-0.2, -0.15) is 5.10 Å². The monoisotopic (exact) mass is 443 g/mol. The fraction of sp³-hybridized carbons (Fsp3) is 0.192. The number of amides is 1. The summed E-state index contributed by atoms with van der Waals surface area (Å²) in [6.45, 7) is 9.73. The molecule has 0 bridgehead atoms. The van der Waals surface area contributed by atoms with Gasteiger partial charge in [-0.1, -0.05) is 24.8 Å². The second-order valence-electron chi connectivity index (χ2n) is 8.04. The van der Waals surface area contributed by atoms with Crippen LogP contribution in [-0.2, 0) is 11.2 Å². The van der Waals surface area contributed by atoms with E-state index < -0.39 is 5.63 Å². The first kappa shape index (κ1) is 22.1. The Hall–Kier alpha value is -4.13. The molecule has 33 heavy (non-hydrogen) atoms. The van der Waals surface area contributed by atoms with Crippen molar-refractivity contribution in [1.82, 2.24) is 9.78 Å². The molecular weight excluding hydrogens is 418 g/mol. The zero-order chi connectivity index (χ0) is 23.5. The number of para-hydroxylation sites is 1. The number of benzene rings is 2. The van der Waals surface area contributed by atoms with Crippen molar-refractivity contribution in [3.8, 4) is 11.4 Å². The highest BCUT2D eigenvalue weighted by Crippen LogP contribution is 2.25. The van der Waals surface area contributed by atoms with Gasteiger partial charge in [0.25, 0.3) is 0 Å². The maximum atomic E-state index is 12.9. The van der Waals surface area contributed by atoms with Crippen LogP contribution in [0.2, 0.25) is 0 Å². The lowest BCUT2D eigenvalue weighted by Gasteiger charge is -2.11. The lowest BCUT2D eigenvalue weighted by molar-refractivity contribution is -0.115. The summed E-state index contributed by atoms with van der Waals surface area (Å²) in [7, 11) is 0. The van der Waals surface area contributed by atoms with Crippen molar-refractivity contribution in [3.63, 3.8) is 0 Å². The molecule has 0 unspecified atom stereocenters. The SMILES string of the molecule is C=C(C)COc1ccc2c(C)c(CC(=O)Nc3cc(C)nn3-c3ccccc3)c(=O)oc2c1. The number of anilines is 1. The molecule has 0 saturated heterocycles. The lowest BCUT2D eigenvalue weighted by atomic mass is 10.0. The fourth-order valence-electron chi connectivity index (χ4n) is 3.58. The molecule has 7 nitrogen and oxygen atoms in total. The molecule has 4 aromatic rings. The summed E-state index contributed by atoms with van der Waals surface area (Å²) < 4.78 is 12.8. The van der Waals surface area contributed by atoms with Crippen LogP contribution < -0.4 is 15.7 Å². The van der Waals surface area contributed by atoms with E-state index >= 15 is 0 Å². The van der Waals surface area contributed by atoms with Crippen molar-refractivity contribution < 1.29 is 13.9 Å². The van der Waals surface area contributed by atoms with Crippen LogP contribution in [0, 0.1) is 13.8 Å². The lowest BCUT2D eigenvalue weighted by Crippen LogP contribution is -2.22. The van der Waals surface area contributed by atoms with Gasteiger partial charge in [0.05, 0.1) is 23.4 Å². The Balaban J connectivity index is 1.58. The van der Waals surface area contributed by atoms with Crippen LogP contribution in [0.1, 0.15) is 23.7 Å². The van der Waals surface area contributed by atoms with Gasteiger partial charge in [-0.3, -0.25) is 4.79 Å². The van der Waals surface area contributed by atoms with Crippen LogP contribution in [0.3, 0.4) is 0 Å². The molecule has 0 radical (unpaired) electrons. The summed E-state index contributed by atoms with van der Waals surface area (Å²) in [6.07, 6.45) is -0.114. The molecular formula is C26H25N3O4. The van der Waals surface area contributed by atoms with Crippen LogP contribution in [0.25, 0.3) is 16.7 Å². The highest BCUT2D eigenvalue weighted by molar-refractivity contribution is 5.93. The first-order valence-electron chi connectivity index (χ1n) is 10.6. The van der Waals surface area contributed by atoms with Gasteiger partial charge < -0.3 is 14.5 Å². The average molecular weight is 444 g/mol. The average Bonchev–Trinajstić information content (AvgIpc) is 3.15. The van der Waals surface area contributed by atoms with E-state index in [2.05, 4.69) is 17.0 Å². The largest absolute Gasteiger partial charge is 0.489 e. The van der Waals surface area contributed by atoms with Gasteiger partial charge in [0.2, 0.25) is 5.91 Å². The molecule has 4 rings (SSSR count). The Morgan fingerprint density at radius 3 is 2.64 bits per heavy atom. The third-order valence-electron chi connectivity index (χ3n) is 5.18. The summed E-state index contributed by atoms with van der Waals surface area (Å²) in [5.41, 5.74) is 3.37. The van der Waals surface area contributed by atoms with E-state index in [4.69, 9.17) is 9.15 Å². The van der Waals surface area contributed by atoms with E-state index in [0.29, 0.717) is 34.9 Å². The van der Waals surface area contributed by atoms with Gasteiger partial charge in [-0.05, 0) is 56.2 Å². The normalized spacial score (nSPS) is 10.9. The minimum absolute atomic E-state index is 0.114. The van der Waals surface area contributed by atoms with Crippen LogP contribution in [0.4, 0.5) is 5.82 Å². The third kappa shape index (κ3) is 4.87. The van der Waals surface area contributed by atoms with E-state index in [1.165, 1.54) is 0 Å². The number of aromatic nitrogens is 2. The summed E-state index contributed by atoms with van der Waals surface area (Å²) in [5, 5.41) is 8.08. The number of ether oxygens (including phenoxy) is 1. The molecule has 0 spiro atoms. The van der Waals surface area contributed by atoms with Crippen LogP contribution in [0.15, 0.2) is 76.0 Å². The van der Waals surface area contributed by atoms with Crippen molar-refractivity contribution in [2.24, 2.45) is 0 Å². The number of nitrogens with one attached hydrogen (secondary N) is 1. The molecule has 0 saturated carbocycles. The van der Waals surface area contributed by atoms with Gasteiger partial charge in [0.1, 0.15) is 23.8 Å². The summed E-state index contributed by atoms with van der Waals surface area (Å²) in [4.78, 5) is 25.5. The molecule has 0 fully saturated rings. The van der Waals surface area contributed by atoms with Crippen LogP contribution >= 0.6 is 0 Å². The van der Waals surface area contributed by atoms with Gasteiger partial charge in [-0.15, -0.1) is 0 Å². The first-order chi connectivity index (χ1) is 15.8. The minimum Gasteiger partial charge on any atom is -0.489 e. The molecule has 0 aliphatic carbocycles. The number of fused-ring (bicyclic) bond motifs is 1. The predicted molar refractivity (Wildman–Crippen MR) is 128 cm³/mol. The molecule has 2 aromatic heterocycles. The third-order valence-corrected chi connectivity index (χ3v) is 5.18. The molecule has 0 aliphatic rings. The molecule has 1 N–H and O–H groups in total. The topological polar surface area (TPSA) is 86.4 Å². The highest BCUT2D eigenvalue weighted by atomic mass is 16.5. The van der Waals surface area contributed by atoms with Crippen molar-refractivity contribution in [3.05, 3.63) is 94.0 Å². The van der Waals surface area contributed by atoms with E-state index in [-0.39, 0.29) is 12.3 Å². The second-order valence-corrected chi connectivity index (χ2v) is 8.04. The van der Waals surface area contributed by atoms with E-state index in [1.807, 2.05) is 63.2 Å². The molecule has 2 aromatic carbocycles. The molecule has 168 valence electrons. The summed E-state index contributed by atoms with van der Waals surface area (Å²) >= 11 is 0. The van der Waals surface area contributed by atoms with Gasteiger partial charge >= 0.3 is 5.63 Å². The van der Waals surface area contributed by atoms with Crippen molar-refractivity contribution in [2.45, 2.75) is 27.2 Å². The van der Waals surface area contributed by atoms with Crippen molar-refractivity contribution >= 4 is 22.7 Å². The summed E-state index contributed by atoms with van der Waals surface area (Å²) in [5.74, 6) is 0.789. The second kappa shape index (κ2) is 9.16. The number of nitrogens with zero attached hydrogens (tertiary/aromatic N) is 2.